The van der Waals surface area contributed by atoms with E-state index in [4.69, 9.17) is 4.74 Å². The SMILES string of the molecule is CC(=O)c1cc(C)c(O)c(CC2=C([O-])[C@@H](C)OC2=O)c1O. The predicted octanol–water partition coefficient (Wildman–Crippen LogP) is 0.711. The summed E-state index contributed by atoms with van der Waals surface area (Å²) in [5, 5.41) is 32.0. The molecule has 0 unspecified atom stereocenters. The van der Waals surface area contributed by atoms with Crippen LogP contribution in [0.3, 0.4) is 0 Å². The van der Waals surface area contributed by atoms with Gasteiger partial charge in [0.05, 0.1) is 5.56 Å². The summed E-state index contributed by atoms with van der Waals surface area (Å²) in [5.41, 5.74) is 0.246. The lowest BCUT2D eigenvalue weighted by Crippen LogP contribution is -2.16. The average molecular weight is 291 g/mol. The smallest absolute Gasteiger partial charge is 0.334 e. The first kappa shape index (κ1) is 14.9. The average Bonchev–Trinajstić information content (AvgIpc) is 2.64. The topological polar surface area (TPSA) is 107 Å². The number of aromatic hydroxyl groups is 2. The maximum absolute atomic E-state index is 11.8. The number of phenols is 2. The van der Waals surface area contributed by atoms with E-state index in [0.29, 0.717) is 5.56 Å². The molecule has 2 N–H and O–H groups in total. The molecule has 1 aromatic carbocycles. The van der Waals surface area contributed by atoms with Gasteiger partial charge in [-0.05, 0) is 32.4 Å². The summed E-state index contributed by atoms with van der Waals surface area (Å²) in [6.07, 6.45) is -1.14. The second-order valence-electron chi connectivity index (χ2n) is 5.04. The van der Waals surface area contributed by atoms with Crippen molar-refractivity contribution >= 4 is 11.8 Å². The molecule has 0 radical (unpaired) electrons. The summed E-state index contributed by atoms with van der Waals surface area (Å²) >= 11 is 0. The van der Waals surface area contributed by atoms with Crippen LogP contribution >= 0.6 is 0 Å². The van der Waals surface area contributed by atoms with Gasteiger partial charge in [0.2, 0.25) is 0 Å². The molecule has 112 valence electrons. The number of carbonyl (C=O) groups is 2. The van der Waals surface area contributed by atoms with Crippen LogP contribution in [-0.2, 0) is 16.0 Å². The molecule has 1 aliphatic rings. The Morgan fingerprint density at radius 3 is 2.48 bits per heavy atom. The highest BCUT2D eigenvalue weighted by molar-refractivity contribution is 5.98. The van der Waals surface area contributed by atoms with Crippen LogP contribution in [-0.4, -0.2) is 28.1 Å². The fourth-order valence-corrected chi connectivity index (χ4v) is 2.27. The van der Waals surface area contributed by atoms with Gasteiger partial charge < -0.3 is 20.1 Å². The van der Waals surface area contributed by atoms with Gasteiger partial charge in [-0.2, -0.15) is 0 Å². The number of hydrogen-bond donors (Lipinski definition) is 2. The van der Waals surface area contributed by atoms with Crippen molar-refractivity contribution in [3.05, 3.63) is 34.1 Å². The number of ether oxygens (including phenoxy) is 1. The van der Waals surface area contributed by atoms with Crippen molar-refractivity contribution in [3.8, 4) is 11.5 Å². The van der Waals surface area contributed by atoms with Crippen molar-refractivity contribution in [2.24, 2.45) is 0 Å². The molecule has 21 heavy (non-hydrogen) atoms. The molecule has 0 amide bonds. The largest absolute Gasteiger partial charge is 0.873 e. The first-order chi connectivity index (χ1) is 9.73. The number of Topliss-reactive ketones (excluding diaryl/α,β-unsaturated/α-hetero) is 1. The number of aryl methyl sites for hydroxylation is 1. The Labute approximate surface area is 121 Å². The predicted molar refractivity (Wildman–Crippen MR) is 70.8 cm³/mol. The van der Waals surface area contributed by atoms with E-state index in [1.165, 1.54) is 19.9 Å². The van der Waals surface area contributed by atoms with Gasteiger partial charge in [0.1, 0.15) is 17.6 Å². The van der Waals surface area contributed by atoms with E-state index in [0.717, 1.165) is 0 Å². The number of phenolic OH excluding ortho intramolecular Hbond substituents is 2. The van der Waals surface area contributed by atoms with Crippen LogP contribution in [0.2, 0.25) is 0 Å². The van der Waals surface area contributed by atoms with Crippen LogP contribution in [0.15, 0.2) is 17.4 Å². The quantitative estimate of drug-likeness (QED) is 0.627. The number of cyclic esters (lactones) is 1. The number of hydrogen-bond acceptors (Lipinski definition) is 6. The molecule has 0 saturated carbocycles. The third-order valence-electron chi connectivity index (χ3n) is 3.49. The summed E-state index contributed by atoms with van der Waals surface area (Å²) in [5.74, 6) is -2.29. The highest BCUT2D eigenvalue weighted by Gasteiger charge is 2.28. The van der Waals surface area contributed by atoms with Crippen LogP contribution in [0.4, 0.5) is 0 Å². The molecule has 0 aromatic heterocycles. The summed E-state index contributed by atoms with van der Waals surface area (Å²) in [4.78, 5) is 23.1. The Kier molecular flexibility index (Phi) is 3.63. The fraction of sp³-hybridized carbons (Fsp3) is 0.333. The molecule has 2 rings (SSSR count). The molecule has 6 nitrogen and oxygen atoms in total. The minimum atomic E-state index is -0.867. The van der Waals surface area contributed by atoms with Gasteiger partial charge in [0, 0.05) is 17.6 Å². The number of carbonyl (C=O) groups excluding carboxylic acids is 2. The third kappa shape index (κ3) is 2.44. The Bertz CT molecular complexity index is 671. The van der Waals surface area contributed by atoms with Gasteiger partial charge >= 0.3 is 5.97 Å². The van der Waals surface area contributed by atoms with Gasteiger partial charge in [-0.3, -0.25) is 4.79 Å². The highest BCUT2D eigenvalue weighted by atomic mass is 16.6. The van der Waals surface area contributed by atoms with Crippen molar-refractivity contribution in [1.29, 1.82) is 0 Å². The number of rotatable bonds is 3. The Morgan fingerprint density at radius 1 is 1.38 bits per heavy atom. The van der Waals surface area contributed by atoms with Crippen LogP contribution in [0, 0.1) is 6.92 Å². The van der Waals surface area contributed by atoms with Gasteiger partial charge in [-0.1, -0.05) is 5.76 Å². The van der Waals surface area contributed by atoms with Gasteiger partial charge in [-0.15, -0.1) is 0 Å². The molecule has 1 heterocycles. The molecule has 0 saturated heterocycles. The van der Waals surface area contributed by atoms with Gasteiger partial charge in [0.15, 0.2) is 5.78 Å². The number of ketones is 1. The molecule has 1 atom stereocenters. The van der Waals surface area contributed by atoms with E-state index >= 15 is 0 Å². The summed E-state index contributed by atoms with van der Waals surface area (Å²) < 4.78 is 4.79. The Hall–Kier alpha value is -2.50. The van der Waals surface area contributed by atoms with Crippen LogP contribution in [0.25, 0.3) is 0 Å². The van der Waals surface area contributed by atoms with Gasteiger partial charge in [0.25, 0.3) is 0 Å². The van der Waals surface area contributed by atoms with E-state index in [2.05, 4.69) is 0 Å². The van der Waals surface area contributed by atoms with E-state index in [-0.39, 0.29) is 34.7 Å². The first-order valence-electron chi connectivity index (χ1n) is 6.40. The molecule has 0 spiro atoms. The summed E-state index contributed by atoms with van der Waals surface area (Å²) in [6, 6.07) is 1.36. The molecule has 0 bridgehead atoms. The molecule has 1 aromatic rings. The molecule has 1 aliphatic heterocycles. The Balaban J connectivity index is 2.55. The van der Waals surface area contributed by atoms with Crippen LogP contribution < -0.4 is 5.11 Å². The molecular formula is C15H15O6-. The second kappa shape index (κ2) is 5.12. The number of esters is 1. The zero-order valence-corrected chi connectivity index (χ0v) is 11.9. The van der Waals surface area contributed by atoms with E-state index < -0.39 is 23.6 Å². The zero-order valence-electron chi connectivity index (χ0n) is 11.9. The Morgan fingerprint density at radius 2 is 2.00 bits per heavy atom. The number of benzene rings is 1. The lowest BCUT2D eigenvalue weighted by Gasteiger charge is -2.15. The highest BCUT2D eigenvalue weighted by Crippen LogP contribution is 2.37. The summed E-state index contributed by atoms with van der Waals surface area (Å²) in [7, 11) is 0. The molecule has 0 aliphatic carbocycles. The van der Waals surface area contributed by atoms with E-state index in [1.807, 2.05) is 0 Å². The minimum absolute atomic E-state index is 0.0189. The van der Waals surface area contributed by atoms with Crippen molar-refractivity contribution < 1.29 is 29.6 Å². The van der Waals surface area contributed by atoms with Crippen molar-refractivity contribution in [1.82, 2.24) is 0 Å². The lowest BCUT2D eigenvalue weighted by atomic mass is 9.95. The lowest BCUT2D eigenvalue weighted by molar-refractivity contribution is -0.316. The molecular weight excluding hydrogens is 276 g/mol. The second-order valence-corrected chi connectivity index (χ2v) is 5.04. The monoisotopic (exact) mass is 291 g/mol. The maximum Gasteiger partial charge on any atom is 0.334 e. The zero-order chi connectivity index (χ0) is 15.9. The van der Waals surface area contributed by atoms with Crippen LogP contribution in [0.5, 0.6) is 11.5 Å². The maximum atomic E-state index is 11.8. The molecule has 0 fully saturated rings. The summed E-state index contributed by atoms with van der Waals surface area (Å²) in [6.45, 7) is 4.29. The minimum Gasteiger partial charge on any atom is -0.873 e. The third-order valence-corrected chi connectivity index (χ3v) is 3.49. The normalized spacial score (nSPS) is 18.0. The fourth-order valence-electron chi connectivity index (χ4n) is 2.27. The molecule has 6 heteroatoms. The first-order valence-corrected chi connectivity index (χ1v) is 6.40. The van der Waals surface area contributed by atoms with Crippen molar-refractivity contribution in [3.63, 3.8) is 0 Å². The van der Waals surface area contributed by atoms with Gasteiger partial charge in [-0.25, -0.2) is 4.79 Å². The van der Waals surface area contributed by atoms with Crippen molar-refractivity contribution in [2.75, 3.05) is 0 Å². The van der Waals surface area contributed by atoms with Crippen molar-refractivity contribution in [2.45, 2.75) is 33.3 Å². The standard InChI is InChI=1S/C15H16O6/c1-6-4-9(7(2)16)14(19)10(12(6)17)5-11-13(18)8(3)21-15(11)20/h4,8,17-19H,5H2,1-3H3/p-1/t8-/m1/s1. The van der Waals surface area contributed by atoms with E-state index in [1.54, 1.807) is 6.92 Å². The van der Waals surface area contributed by atoms with E-state index in [9.17, 15) is 24.9 Å². The van der Waals surface area contributed by atoms with Crippen LogP contribution in [0.1, 0.15) is 35.3 Å².